The van der Waals surface area contributed by atoms with Gasteiger partial charge in [0.1, 0.15) is 0 Å². The maximum absolute atomic E-state index is 6.20. The SMILES string of the molecule is COC1CCC(NC(C)Cc2ccccc2Cl)CC1. The normalized spacial score (nSPS) is 25.2. The first-order valence-corrected chi connectivity index (χ1v) is 7.59. The summed E-state index contributed by atoms with van der Waals surface area (Å²) in [5, 5.41) is 4.60. The molecule has 1 atom stereocenters. The summed E-state index contributed by atoms with van der Waals surface area (Å²) in [5.74, 6) is 0. The molecule has 0 amide bonds. The van der Waals surface area contributed by atoms with Crippen LogP contribution in [-0.2, 0) is 11.2 Å². The molecule has 1 aliphatic carbocycles. The summed E-state index contributed by atoms with van der Waals surface area (Å²) < 4.78 is 5.41. The van der Waals surface area contributed by atoms with E-state index in [0.717, 1.165) is 11.4 Å². The predicted molar refractivity (Wildman–Crippen MR) is 80.8 cm³/mol. The largest absolute Gasteiger partial charge is 0.381 e. The lowest BCUT2D eigenvalue weighted by atomic mass is 9.92. The van der Waals surface area contributed by atoms with E-state index in [1.807, 2.05) is 19.2 Å². The van der Waals surface area contributed by atoms with Gasteiger partial charge < -0.3 is 10.1 Å². The first kappa shape index (κ1) is 14.8. The molecule has 1 fully saturated rings. The quantitative estimate of drug-likeness (QED) is 0.886. The van der Waals surface area contributed by atoms with Crippen molar-refractivity contribution in [3.63, 3.8) is 0 Å². The van der Waals surface area contributed by atoms with Crippen molar-refractivity contribution in [1.29, 1.82) is 0 Å². The molecule has 1 saturated carbocycles. The smallest absolute Gasteiger partial charge is 0.0572 e. The summed E-state index contributed by atoms with van der Waals surface area (Å²) >= 11 is 6.20. The molecule has 0 saturated heterocycles. The number of rotatable bonds is 5. The van der Waals surface area contributed by atoms with E-state index >= 15 is 0 Å². The van der Waals surface area contributed by atoms with Gasteiger partial charge in [0.2, 0.25) is 0 Å². The maximum Gasteiger partial charge on any atom is 0.0572 e. The van der Waals surface area contributed by atoms with E-state index in [0.29, 0.717) is 18.2 Å². The molecule has 2 nitrogen and oxygen atoms in total. The Bertz CT molecular complexity index is 388. The summed E-state index contributed by atoms with van der Waals surface area (Å²) in [6.07, 6.45) is 6.23. The number of methoxy groups -OCH3 is 1. The average Bonchev–Trinajstić information content (AvgIpc) is 2.42. The fourth-order valence-electron chi connectivity index (χ4n) is 2.92. The molecule has 19 heavy (non-hydrogen) atoms. The second-order valence-corrected chi connectivity index (χ2v) is 5.98. The fraction of sp³-hybridized carbons (Fsp3) is 0.625. The minimum absolute atomic E-state index is 0.462. The zero-order valence-corrected chi connectivity index (χ0v) is 12.6. The van der Waals surface area contributed by atoms with Gasteiger partial charge >= 0.3 is 0 Å². The molecule has 0 spiro atoms. The Kier molecular flexibility index (Phi) is 5.68. The van der Waals surface area contributed by atoms with Gasteiger partial charge in [-0.15, -0.1) is 0 Å². The topological polar surface area (TPSA) is 21.3 Å². The van der Waals surface area contributed by atoms with E-state index in [1.54, 1.807) is 0 Å². The van der Waals surface area contributed by atoms with Crippen molar-refractivity contribution in [2.45, 2.75) is 57.2 Å². The maximum atomic E-state index is 6.20. The molecule has 3 heteroatoms. The summed E-state index contributed by atoms with van der Waals surface area (Å²) in [7, 11) is 1.82. The highest BCUT2D eigenvalue weighted by molar-refractivity contribution is 6.31. The van der Waals surface area contributed by atoms with Gasteiger partial charge in [0, 0.05) is 24.2 Å². The number of benzene rings is 1. The molecule has 2 rings (SSSR count). The van der Waals surface area contributed by atoms with Gasteiger partial charge in [-0.2, -0.15) is 0 Å². The van der Waals surface area contributed by atoms with Gasteiger partial charge in [-0.3, -0.25) is 0 Å². The highest BCUT2D eigenvalue weighted by Gasteiger charge is 2.21. The lowest BCUT2D eigenvalue weighted by Crippen LogP contribution is -2.41. The minimum Gasteiger partial charge on any atom is -0.381 e. The van der Waals surface area contributed by atoms with Gasteiger partial charge in [-0.1, -0.05) is 29.8 Å². The van der Waals surface area contributed by atoms with E-state index in [-0.39, 0.29) is 0 Å². The molecule has 1 aromatic carbocycles. The van der Waals surface area contributed by atoms with E-state index in [1.165, 1.54) is 31.2 Å². The lowest BCUT2D eigenvalue weighted by molar-refractivity contribution is 0.0614. The molecule has 0 heterocycles. The number of hydrogen-bond donors (Lipinski definition) is 1. The first-order valence-electron chi connectivity index (χ1n) is 7.21. The summed E-state index contributed by atoms with van der Waals surface area (Å²) in [6, 6.07) is 9.21. The molecule has 0 bridgehead atoms. The van der Waals surface area contributed by atoms with Gasteiger partial charge in [0.15, 0.2) is 0 Å². The second-order valence-electron chi connectivity index (χ2n) is 5.57. The van der Waals surface area contributed by atoms with Crippen molar-refractivity contribution in [1.82, 2.24) is 5.32 Å². The van der Waals surface area contributed by atoms with Crippen LogP contribution in [-0.4, -0.2) is 25.3 Å². The third kappa shape index (κ3) is 4.48. The van der Waals surface area contributed by atoms with E-state index in [2.05, 4.69) is 24.4 Å². The molecule has 0 aromatic heterocycles. The highest BCUT2D eigenvalue weighted by Crippen LogP contribution is 2.22. The van der Waals surface area contributed by atoms with E-state index < -0.39 is 0 Å². The van der Waals surface area contributed by atoms with Gasteiger partial charge in [0.25, 0.3) is 0 Å². The molecular formula is C16H24ClNO. The molecule has 106 valence electrons. The highest BCUT2D eigenvalue weighted by atomic mass is 35.5. The Hall–Kier alpha value is -0.570. The van der Waals surface area contributed by atoms with Crippen LogP contribution in [0, 0.1) is 0 Å². The zero-order valence-electron chi connectivity index (χ0n) is 11.9. The molecule has 1 aromatic rings. The van der Waals surface area contributed by atoms with Gasteiger partial charge in [-0.25, -0.2) is 0 Å². The minimum atomic E-state index is 0.462. The van der Waals surface area contributed by atoms with Gasteiger partial charge in [-0.05, 0) is 50.7 Å². The van der Waals surface area contributed by atoms with Crippen LogP contribution in [0.3, 0.4) is 0 Å². The third-order valence-electron chi connectivity index (χ3n) is 4.01. The standard InChI is InChI=1S/C16H24ClNO/c1-12(11-13-5-3-4-6-16(13)17)18-14-7-9-15(19-2)10-8-14/h3-6,12,14-15,18H,7-11H2,1-2H3. The molecule has 1 unspecified atom stereocenters. The van der Waals surface area contributed by atoms with Crippen LogP contribution in [0.2, 0.25) is 5.02 Å². The molecule has 0 radical (unpaired) electrons. The van der Waals surface area contributed by atoms with Crippen LogP contribution >= 0.6 is 11.6 Å². The average molecular weight is 282 g/mol. The van der Waals surface area contributed by atoms with E-state index in [9.17, 15) is 0 Å². The van der Waals surface area contributed by atoms with Crippen LogP contribution in [0.5, 0.6) is 0 Å². The van der Waals surface area contributed by atoms with Crippen LogP contribution in [0.15, 0.2) is 24.3 Å². The Morgan fingerprint density at radius 2 is 1.95 bits per heavy atom. The monoisotopic (exact) mass is 281 g/mol. The first-order chi connectivity index (χ1) is 9.19. The number of halogens is 1. The van der Waals surface area contributed by atoms with Crippen molar-refractivity contribution in [2.75, 3.05) is 7.11 Å². The van der Waals surface area contributed by atoms with E-state index in [4.69, 9.17) is 16.3 Å². The summed E-state index contributed by atoms with van der Waals surface area (Å²) in [4.78, 5) is 0. The van der Waals surface area contributed by atoms with Crippen molar-refractivity contribution in [3.05, 3.63) is 34.9 Å². The number of hydrogen-bond acceptors (Lipinski definition) is 2. The Morgan fingerprint density at radius 3 is 2.58 bits per heavy atom. The fourth-order valence-corrected chi connectivity index (χ4v) is 3.13. The Balaban J connectivity index is 1.79. The predicted octanol–water partition coefficient (Wildman–Crippen LogP) is 3.82. The van der Waals surface area contributed by atoms with Crippen molar-refractivity contribution >= 4 is 11.6 Å². The van der Waals surface area contributed by atoms with Crippen LogP contribution in [0.25, 0.3) is 0 Å². The zero-order chi connectivity index (χ0) is 13.7. The Morgan fingerprint density at radius 1 is 1.26 bits per heavy atom. The third-order valence-corrected chi connectivity index (χ3v) is 4.38. The number of ether oxygens (including phenoxy) is 1. The Labute approximate surface area is 121 Å². The van der Waals surface area contributed by atoms with Crippen LogP contribution < -0.4 is 5.32 Å². The molecular weight excluding hydrogens is 258 g/mol. The van der Waals surface area contributed by atoms with Crippen molar-refractivity contribution in [3.8, 4) is 0 Å². The lowest BCUT2D eigenvalue weighted by Gasteiger charge is -2.30. The molecule has 1 aliphatic rings. The van der Waals surface area contributed by atoms with Crippen LogP contribution in [0.1, 0.15) is 38.2 Å². The molecule has 1 N–H and O–H groups in total. The van der Waals surface area contributed by atoms with Crippen molar-refractivity contribution in [2.24, 2.45) is 0 Å². The number of nitrogens with one attached hydrogen (secondary N) is 1. The van der Waals surface area contributed by atoms with Crippen molar-refractivity contribution < 1.29 is 4.74 Å². The summed E-state index contributed by atoms with van der Waals surface area (Å²) in [5.41, 5.74) is 1.23. The summed E-state index contributed by atoms with van der Waals surface area (Å²) in [6.45, 7) is 2.24. The van der Waals surface area contributed by atoms with Crippen LogP contribution in [0.4, 0.5) is 0 Å². The second kappa shape index (κ2) is 7.28. The van der Waals surface area contributed by atoms with Gasteiger partial charge in [0.05, 0.1) is 6.10 Å². The molecule has 0 aliphatic heterocycles.